The van der Waals surface area contributed by atoms with Gasteiger partial charge in [-0.15, -0.1) is 0 Å². The second-order valence-corrected chi connectivity index (χ2v) is 9.54. The first kappa shape index (κ1) is 25.4. The van der Waals surface area contributed by atoms with E-state index in [9.17, 15) is 33.9 Å². The summed E-state index contributed by atoms with van der Waals surface area (Å²) in [5.74, 6) is -3.82. The minimum atomic E-state index is -1.53. The Morgan fingerprint density at radius 1 is 1.17 bits per heavy atom. The summed E-state index contributed by atoms with van der Waals surface area (Å²) < 4.78 is 0. The SMILES string of the molecule is O=C[C@@]1(NC(=O)[C@@H]2CCCN3C(=O)CCN(NC(=O)CCc4ccc(Cl)cc4)C(=O)N23)C[C@H]1C(=O)O. The van der Waals surface area contributed by atoms with Crippen molar-refractivity contribution in [3.8, 4) is 0 Å². The van der Waals surface area contributed by atoms with Gasteiger partial charge < -0.3 is 15.2 Å². The molecule has 1 aromatic rings. The van der Waals surface area contributed by atoms with Crippen molar-refractivity contribution < 1.29 is 33.9 Å². The summed E-state index contributed by atoms with van der Waals surface area (Å²) >= 11 is 5.87. The number of halogens is 1. The van der Waals surface area contributed by atoms with Crippen LogP contribution in [0.4, 0.5) is 4.79 Å². The Labute approximate surface area is 211 Å². The van der Waals surface area contributed by atoms with E-state index in [1.165, 1.54) is 5.01 Å². The molecule has 0 spiro atoms. The van der Waals surface area contributed by atoms with Crippen LogP contribution in [-0.4, -0.2) is 80.8 Å². The molecule has 36 heavy (non-hydrogen) atoms. The first-order valence-electron chi connectivity index (χ1n) is 11.6. The van der Waals surface area contributed by atoms with Gasteiger partial charge in [-0.05, 0) is 43.4 Å². The second kappa shape index (κ2) is 10.1. The molecule has 0 aromatic heterocycles. The molecule has 2 aliphatic heterocycles. The highest BCUT2D eigenvalue weighted by Gasteiger charge is 2.61. The number of carbonyl (C=O) groups is 6. The highest BCUT2D eigenvalue weighted by molar-refractivity contribution is 6.30. The minimum Gasteiger partial charge on any atom is -0.481 e. The largest absolute Gasteiger partial charge is 0.481 e. The number of aliphatic carboxylic acids is 1. The summed E-state index contributed by atoms with van der Waals surface area (Å²) in [6.07, 6.45) is 1.40. The predicted molar refractivity (Wildman–Crippen MR) is 124 cm³/mol. The van der Waals surface area contributed by atoms with Gasteiger partial charge in [-0.3, -0.25) is 24.6 Å². The number of aryl methyl sites for hydroxylation is 1. The van der Waals surface area contributed by atoms with Crippen LogP contribution in [0.25, 0.3) is 0 Å². The average Bonchev–Trinajstić information content (AvgIpc) is 3.61. The van der Waals surface area contributed by atoms with Crippen molar-refractivity contribution in [2.75, 3.05) is 13.1 Å². The van der Waals surface area contributed by atoms with Crippen LogP contribution in [0.15, 0.2) is 24.3 Å². The predicted octanol–water partition coefficient (Wildman–Crippen LogP) is 0.496. The molecule has 13 heteroatoms. The van der Waals surface area contributed by atoms with Crippen LogP contribution in [-0.2, 0) is 30.4 Å². The van der Waals surface area contributed by atoms with E-state index < -0.39 is 47.2 Å². The average molecular weight is 520 g/mol. The highest BCUT2D eigenvalue weighted by atomic mass is 35.5. The van der Waals surface area contributed by atoms with E-state index in [-0.39, 0.29) is 38.8 Å². The monoisotopic (exact) mass is 519 g/mol. The van der Waals surface area contributed by atoms with Crippen LogP contribution < -0.4 is 10.7 Å². The Hall–Kier alpha value is -3.67. The van der Waals surface area contributed by atoms with Gasteiger partial charge in [0.05, 0.1) is 12.5 Å². The van der Waals surface area contributed by atoms with Crippen molar-refractivity contribution in [2.24, 2.45) is 5.92 Å². The molecule has 2 saturated heterocycles. The maximum absolute atomic E-state index is 13.4. The van der Waals surface area contributed by atoms with Crippen LogP contribution in [0, 0.1) is 5.92 Å². The lowest BCUT2D eigenvalue weighted by Crippen LogP contribution is -2.65. The number of benzene rings is 1. The Morgan fingerprint density at radius 3 is 2.53 bits per heavy atom. The molecule has 3 aliphatic rings. The summed E-state index contributed by atoms with van der Waals surface area (Å²) in [4.78, 5) is 74.7. The van der Waals surface area contributed by atoms with E-state index in [0.717, 1.165) is 15.6 Å². The zero-order chi connectivity index (χ0) is 26.0. The number of rotatable bonds is 8. The van der Waals surface area contributed by atoms with Gasteiger partial charge in [0.2, 0.25) is 17.7 Å². The maximum Gasteiger partial charge on any atom is 0.358 e. The van der Waals surface area contributed by atoms with Crippen molar-refractivity contribution in [3.63, 3.8) is 0 Å². The summed E-state index contributed by atoms with van der Waals surface area (Å²) in [6, 6.07) is 5.11. The molecule has 5 amide bonds. The van der Waals surface area contributed by atoms with E-state index in [1.54, 1.807) is 24.3 Å². The number of nitrogens with zero attached hydrogens (tertiary/aromatic N) is 3. The fourth-order valence-electron chi connectivity index (χ4n) is 4.53. The molecule has 3 N–H and O–H groups in total. The highest BCUT2D eigenvalue weighted by Crippen LogP contribution is 2.42. The van der Waals surface area contributed by atoms with Crippen molar-refractivity contribution in [3.05, 3.63) is 34.9 Å². The van der Waals surface area contributed by atoms with E-state index in [4.69, 9.17) is 11.6 Å². The van der Waals surface area contributed by atoms with Gasteiger partial charge in [0, 0.05) is 24.4 Å². The van der Waals surface area contributed by atoms with E-state index in [0.29, 0.717) is 24.2 Å². The number of hydrogen-bond donors (Lipinski definition) is 3. The standard InChI is InChI=1S/C23H26ClN5O7/c24-15-6-3-14(4-7-15)5-8-18(31)26-27-11-9-19(32)28-10-1-2-17(29(28)22(27)36)20(33)25-23(13-30)12-16(23)21(34)35/h3-4,6-7,13,16-17H,1-2,5,8-12H2,(H,25,33)(H,26,31)(H,34,35)/t16-,17-,23-/m0/s1. The number of urea groups is 1. The maximum atomic E-state index is 13.4. The zero-order valence-electron chi connectivity index (χ0n) is 19.3. The lowest BCUT2D eigenvalue weighted by molar-refractivity contribution is -0.155. The number of carboxylic acids is 1. The third kappa shape index (κ3) is 5.13. The normalized spacial score (nSPS) is 25.5. The lowest BCUT2D eigenvalue weighted by Gasteiger charge is -2.43. The molecular formula is C23H26ClN5O7. The summed E-state index contributed by atoms with van der Waals surface area (Å²) in [5.41, 5.74) is 1.89. The van der Waals surface area contributed by atoms with Crippen molar-refractivity contribution in [2.45, 2.75) is 50.1 Å². The van der Waals surface area contributed by atoms with Crippen LogP contribution in [0.5, 0.6) is 0 Å². The van der Waals surface area contributed by atoms with Crippen LogP contribution in [0.3, 0.4) is 0 Å². The molecule has 4 rings (SSSR count). The smallest absolute Gasteiger partial charge is 0.358 e. The van der Waals surface area contributed by atoms with Gasteiger partial charge >= 0.3 is 12.0 Å². The first-order chi connectivity index (χ1) is 17.1. The fraction of sp³-hybridized carbons (Fsp3) is 0.478. The van der Waals surface area contributed by atoms with Crippen LogP contribution in [0.1, 0.15) is 37.7 Å². The van der Waals surface area contributed by atoms with E-state index in [2.05, 4.69) is 10.7 Å². The van der Waals surface area contributed by atoms with Crippen LogP contribution >= 0.6 is 11.6 Å². The quantitative estimate of drug-likeness (QED) is 0.422. The number of aldehydes is 1. The number of carboxylic acid groups (broad SMARTS) is 1. The molecule has 0 radical (unpaired) electrons. The third-order valence-electron chi connectivity index (χ3n) is 6.65. The van der Waals surface area contributed by atoms with Gasteiger partial charge in [-0.1, -0.05) is 23.7 Å². The summed E-state index contributed by atoms with van der Waals surface area (Å²) in [7, 11) is 0. The number of fused-ring (bicyclic) bond motifs is 1. The molecule has 1 aromatic carbocycles. The minimum absolute atomic E-state index is 0.0450. The number of amides is 5. The number of hydrazine groups is 2. The third-order valence-corrected chi connectivity index (χ3v) is 6.90. The Balaban J connectivity index is 1.45. The van der Waals surface area contributed by atoms with Crippen LogP contribution in [0.2, 0.25) is 5.02 Å². The molecule has 12 nitrogen and oxygen atoms in total. The van der Waals surface area contributed by atoms with Crippen molar-refractivity contribution in [1.29, 1.82) is 0 Å². The van der Waals surface area contributed by atoms with Gasteiger partial charge in [0.25, 0.3) is 0 Å². The Morgan fingerprint density at radius 2 is 1.89 bits per heavy atom. The summed E-state index contributed by atoms with van der Waals surface area (Å²) in [5, 5.41) is 15.5. The first-order valence-corrected chi connectivity index (χ1v) is 12.0. The second-order valence-electron chi connectivity index (χ2n) is 9.11. The molecule has 0 bridgehead atoms. The topological polar surface area (TPSA) is 156 Å². The fourth-order valence-corrected chi connectivity index (χ4v) is 4.65. The van der Waals surface area contributed by atoms with E-state index >= 15 is 0 Å². The molecule has 0 unspecified atom stereocenters. The molecule has 3 fully saturated rings. The van der Waals surface area contributed by atoms with Gasteiger partial charge in [0.1, 0.15) is 17.9 Å². The van der Waals surface area contributed by atoms with E-state index in [1.807, 2.05) is 0 Å². The molecular weight excluding hydrogens is 494 g/mol. The van der Waals surface area contributed by atoms with Crippen molar-refractivity contribution in [1.82, 2.24) is 25.8 Å². The molecule has 1 saturated carbocycles. The summed E-state index contributed by atoms with van der Waals surface area (Å²) in [6.45, 7) is 0.133. The van der Waals surface area contributed by atoms with Gasteiger partial charge in [-0.25, -0.2) is 19.8 Å². The number of carbonyl (C=O) groups excluding carboxylic acids is 5. The molecule has 1 aliphatic carbocycles. The zero-order valence-corrected chi connectivity index (χ0v) is 20.1. The molecule has 3 atom stereocenters. The Kier molecular flexibility index (Phi) is 7.16. The van der Waals surface area contributed by atoms with Gasteiger partial charge in [-0.2, -0.15) is 0 Å². The molecule has 192 valence electrons. The molecule has 2 heterocycles. The number of nitrogens with one attached hydrogen (secondary N) is 2. The van der Waals surface area contributed by atoms with Crippen molar-refractivity contribution >= 4 is 47.6 Å². The lowest BCUT2D eigenvalue weighted by atomic mass is 10.1. The number of hydrogen-bond acceptors (Lipinski definition) is 6. The Bertz CT molecular complexity index is 1100. The van der Waals surface area contributed by atoms with Gasteiger partial charge in [0.15, 0.2) is 0 Å².